The first-order valence-electron chi connectivity index (χ1n) is 5.76. The van der Waals surface area contributed by atoms with Crippen molar-refractivity contribution in [2.45, 2.75) is 6.92 Å². The van der Waals surface area contributed by atoms with E-state index in [-0.39, 0.29) is 22.6 Å². The summed E-state index contributed by atoms with van der Waals surface area (Å²) < 4.78 is 0. The summed E-state index contributed by atoms with van der Waals surface area (Å²) in [6.45, 7) is 1.76. The van der Waals surface area contributed by atoms with Gasteiger partial charge in [0.1, 0.15) is 5.75 Å². The molecule has 0 fully saturated rings. The average molecular weight is 272 g/mol. The largest absolute Gasteiger partial charge is 0.506 e. The predicted molar refractivity (Wildman–Crippen MR) is 72.0 cm³/mol. The van der Waals surface area contributed by atoms with Gasteiger partial charge in [-0.05, 0) is 25.1 Å². The van der Waals surface area contributed by atoms with Crippen molar-refractivity contribution in [3.8, 4) is 5.75 Å². The van der Waals surface area contributed by atoms with E-state index in [2.05, 4.69) is 10.3 Å². The van der Waals surface area contributed by atoms with Crippen molar-refractivity contribution in [3.05, 3.63) is 53.3 Å². The number of nitrogens with one attached hydrogen (secondary N) is 1. The number of nitrogens with zero attached hydrogens (tertiary/aromatic N) is 1. The van der Waals surface area contributed by atoms with Crippen LogP contribution in [0.4, 0.5) is 5.69 Å². The fourth-order valence-electron chi connectivity index (χ4n) is 1.69. The second kappa shape index (κ2) is 5.40. The number of carboxylic acids is 1. The number of hydrogen-bond donors (Lipinski definition) is 3. The zero-order chi connectivity index (χ0) is 14.7. The molecular weight excluding hydrogens is 260 g/mol. The van der Waals surface area contributed by atoms with Crippen molar-refractivity contribution < 1.29 is 19.8 Å². The van der Waals surface area contributed by atoms with Gasteiger partial charge in [-0.15, -0.1) is 0 Å². The number of carbonyl (C=O) groups is 2. The number of pyridine rings is 1. The molecule has 0 radical (unpaired) electrons. The number of benzene rings is 1. The molecule has 0 unspecified atom stereocenters. The summed E-state index contributed by atoms with van der Waals surface area (Å²) in [4.78, 5) is 26.8. The molecule has 0 atom stereocenters. The normalized spacial score (nSPS) is 10.1. The molecule has 0 spiro atoms. The third-order valence-corrected chi connectivity index (χ3v) is 2.64. The molecule has 102 valence electrons. The van der Waals surface area contributed by atoms with Crippen molar-refractivity contribution in [1.82, 2.24) is 4.98 Å². The quantitative estimate of drug-likeness (QED) is 0.794. The highest BCUT2D eigenvalue weighted by Crippen LogP contribution is 2.19. The predicted octanol–water partition coefficient (Wildman–Crippen LogP) is 2.05. The number of aromatic hydroxyl groups is 1. The Morgan fingerprint density at radius 2 is 1.95 bits per heavy atom. The number of amides is 1. The van der Waals surface area contributed by atoms with Gasteiger partial charge in [0, 0.05) is 6.20 Å². The Morgan fingerprint density at radius 1 is 1.20 bits per heavy atom. The Hall–Kier alpha value is -2.89. The van der Waals surface area contributed by atoms with Crippen LogP contribution in [0.5, 0.6) is 5.75 Å². The summed E-state index contributed by atoms with van der Waals surface area (Å²) in [5, 5.41) is 20.9. The fourth-order valence-corrected chi connectivity index (χ4v) is 1.69. The van der Waals surface area contributed by atoms with Crippen LogP contribution in [0.3, 0.4) is 0 Å². The molecule has 20 heavy (non-hydrogen) atoms. The van der Waals surface area contributed by atoms with E-state index in [0.717, 1.165) is 5.56 Å². The van der Waals surface area contributed by atoms with E-state index in [1.807, 2.05) is 0 Å². The van der Waals surface area contributed by atoms with Crippen molar-refractivity contribution in [2.24, 2.45) is 0 Å². The summed E-state index contributed by atoms with van der Waals surface area (Å²) in [5.74, 6) is -1.81. The first-order chi connectivity index (χ1) is 9.47. The molecule has 1 aromatic carbocycles. The van der Waals surface area contributed by atoms with Gasteiger partial charge in [-0.2, -0.15) is 0 Å². The lowest BCUT2D eigenvalue weighted by Gasteiger charge is -2.09. The Labute approximate surface area is 114 Å². The molecule has 1 heterocycles. The van der Waals surface area contributed by atoms with E-state index in [9.17, 15) is 14.7 Å². The van der Waals surface area contributed by atoms with Crippen molar-refractivity contribution in [3.63, 3.8) is 0 Å². The second-order valence-electron chi connectivity index (χ2n) is 4.24. The fraction of sp³-hybridized carbons (Fsp3) is 0.0714. The highest BCUT2D eigenvalue weighted by molar-refractivity contribution is 6.07. The zero-order valence-corrected chi connectivity index (χ0v) is 10.6. The molecule has 0 bridgehead atoms. The Morgan fingerprint density at radius 3 is 2.60 bits per heavy atom. The highest BCUT2D eigenvalue weighted by atomic mass is 16.4. The molecule has 0 aliphatic heterocycles. The molecule has 6 nitrogen and oxygen atoms in total. The van der Waals surface area contributed by atoms with Crippen molar-refractivity contribution >= 4 is 17.6 Å². The van der Waals surface area contributed by atoms with Crippen LogP contribution in [-0.2, 0) is 0 Å². The van der Waals surface area contributed by atoms with Crippen LogP contribution >= 0.6 is 0 Å². The van der Waals surface area contributed by atoms with Gasteiger partial charge in [0.2, 0.25) is 0 Å². The summed E-state index contributed by atoms with van der Waals surface area (Å²) in [7, 11) is 0. The number of anilines is 1. The lowest BCUT2D eigenvalue weighted by Crippen LogP contribution is -2.15. The van der Waals surface area contributed by atoms with E-state index >= 15 is 0 Å². The maximum Gasteiger partial charge on any atom is 0.337 e. The lowest BCUT2D eigenvalue weighted by molar-refractivity contribution is 0.0698. The SMILES string of the molecule is Cc1ccc(NC(=O)c2cncc(O)c2)c(C(=O)O)c1. The van der Waals surface area contributed by atoms with Crippen LogP contribution < -0.4 is 5.32 Å². The molecular formula is C14H12N2O4. The molecule has 0 saturated carbocycles. The first kappa shape index (κ1) is 13.5. The molecule has 1 aromatic heterocycles. The smallest absolute Gasteiger partial charge is 0.337 e. The van der Waals surface area contributed by atoms with Gasteiger partial charge in [0.15, 0.2) is 0 Å². The molecule has 6 heteroatoms. The Bertz CT molecular complexity index is 683. The van der Waals surface area contributed by atoms with Crippen molar-refractivity contribution in [1.29, 1.82) is 0 Å². The van der Waals surface area contributed by atoms with Gasteiger partial charge in [-0.3, -0.25) is 9.78 Å². The van der Waals surface area contributed by atoms with Gasteiger partial charge in [0.05, 0.1) is 23.0 Å². The minimum absolute atomic E-state index is 0.00598. The maximum atomic E-state index is 12.0. The summed E-state index contributed by atoms with van der Waals surface area (Å²) >= 11 is 0. The summed E-state index contributed by atoms with van der Waals surface area (Å²) in [5.41, 5.74) is 1.12. The van der Waals surface area contributed by atoms with E-state index in [1.54, 1.807) is 13.0 Å². The topological polar surface area (TPSA) is 99.5 Å². The lowest BCUT2D eigenvalue weighted by atomic mass is 10.1. The number of aryl methyl sites for hydroxylation is 1. The third-order valence-electron chi connectivity index (χ3n) is 2.64. The molecule has 0 aliphatic rings. The number of aromatic nitrogens is 1. The Kier molecular flexibility index (Phi) is 3.65. The minimum atomic E-state index is -1.13. The van der Waals surface area contributed by atoms with Crippen LogP contribution in [0, 0.1) is 6.92 Å². The molecule has 0 aliphatic carbocycles. The van der Waals surface area contributed by atoms with E-state index in [1.165, 1.54) is 30.6 Å². The molecule has 2 aromatic rings. The number of aromatic carboxylic acids is 1. The summed E-state index contributed by atoms with van der Waals surface area (Å²) in [6, 6.07) is 5.94. The number of carbonyl (C=O) groups excluding carboxylic acids is 1. The van der Waals surface area contributed by atoms with Gasteiger partial charge < -0.3 is 15.5 Å². The van der Waals surface area contributed by atoms with Crippen molar-refractivity contribution in [2.75, 3.05) is 5.32 Å². The molecule has 0 saturated heterocycles. The number of hydrogen-bond acceptors (Lipinski definition) is 4. The van der Waals surface area contributed by atoms with Crippen LogP contribution in [0.25, 0.3) is 0 Å². The first-order valence-corrected chi connectivity index (χ1v) is 5.76. The van der Waals surface area contributed by atoms with Crippen LogP contribution in [0.2, 0.25) is 0 Å². The third kappa shape index (κ3) is 2.92. The van der Waals surface area contributed by atoms with Gasteiger partial charge in [-0.25, -0.2) is 4.79 Å². The van der Waals surface area contributed by atoms with Gasteiger partial charge in [0.25, 0.3) is 5.91 Å². The molecule has 1 amide bonds. The maximum absolute atomic E-state index is 12.0. The van der Waals surface area contributed by atoms with E-state index in [4.69, 9.17) is 5.11 Å². The minimum Gasteiger partial charge on any atom is -0.506 e. The highest BCUT2D eigenvalue weighted by Gasteiger charge is 2.14. The molecule has 2 rings (SSSR count). The Balaban J connectivity index is 2.30. The zero-order valence-electron chi connectivity index (χ0n) is 10.6. The second-order valence-corrected chi connectivity index (χ2v) is 4.24. The van der Waals surface area contributed by atoms with Gasteiger partial charge >= 0.3 is 5.97 Å². The standard InChI is InChI=1S/C14H12N2O4/c1-8-2-3-12(11(4-8)14(19)20)16-13(18)9-5-10(17)7-15-6-9/h2-7,17H,1H3,(H,16,18)(H,19,20). The summed E-state index contributed by atoms with van der Waals surface area (Å²) in [6.07, 6.45) is 2.48. The van der Waals surface area contributed by atoms with E-state index in [0.29, 0.717) is 0 Å². The van der Waals surface area contributed by atoms with Crippen LogP contribution in [0.1, 0.15) is 26.3 Å². The number of carboxylic acid groups (broad SMARTS) is 1. The molecule has 3 N–H and O–H groups in total. The number of rotatable bonds is 3. The van der Waals surface area contributed by atoms with E-state index < -0.39 is 11.9 Å². The monoisotopic (exact) mass is 272 g/mol. The van der Waals surface area contributed by atoms with Crippen LogP contribution in [-0.4, -0.2) is 27.1 Å². The van der Waals surface area contributed by atoms with Crippen LogP contribution in [0.15, 0.2) is 36.7 Å². The van der Waals surface area contributed by atoms with Gasteiger partial charge in [-0.1, -0.05) is 11.6 Å². The average Bonchev–Trinajstić information content (AvgIpc) is 2.40.